The minimum absolute atomic E-state index is 0.0449. The zero-order valence-corrected chi connectivity index (χ0v) is 40.5. The molecule has 0 rings (SSSR count). The second-order valence-corrected chi connectivity index (χ2v) is 18.9. The molecule has 61 heavy (non-hydrogen) atoms. The van der Waals surface area contributed by atoms with Crippen molar-refractivity contribution in [1.29, 1.82) is 0 Å². The van der Waals surface area contributed by atoms with E-state index < -0.39 is 53.3 Å². The van der Waals surface area contributed by atoms with Gasteiger partial charge in [-0.25, -0.2) is 14.4 Å². The number of carbonyl (C=O) groups is 5. The molecule has 0 heterocycles. The van der Waals surface area contributed by atoms with Crippen molar-refractivity contribution in [3.63, 3.8) is 0 Å². The number of rotatable bonds is 37. The Hall–Kier alpha value is -2.89. The number of carbonyl (C=O) groups excluding carboxylic acids is 5. The summed E-state index contributed by atoms with van der Waals surface area (Å²) in [6.07, 6.45) is 27.1. The first-order chi connectivity index (χ1) is 29.1. The van der Waals surface area contributed by atoms with Crippen LogP contribution in [0.2, 0.25) is 0 Å². The van der Waals surface area contributed by atoms with E-state index in [9.17, 15) is 24.0 Å². The monoisotopic (exact) mass is 868 g/mol. The number of imide groups is 1. The van der Waals surface area contributed by atoms with E-state index in [0.29, 0.717) is 37.3 Å². The molecule has 358 valence electrons. The van der Waals surface area contributed by atoms with Gasteiger partial charge in [-0.1, -0.05) is 155 Å². The second-order valence-electron chi connectivity index (χ2n) is 18.9. The molecule has 0 saturated heterocycles. The summed E-state index contributed by atoms with van der Waals surface area (Å²) in [5.74, 6) is -1.93. The molecule has 0 spiro atoms. The summed E-state index contributed by atoms with van der Waals surface area (Å²) >= 11 is 0. The van der Waals surface area contributed by atoms with Gasteiger partial charge < -0.3 is 30.0 Å². The quantitative estimate of drug-likeness (QED) is 0.0349. The Balaban J connectivity index is 5.55. The zero-order valence-electron chi connectivity index (χ0n) is 40.5. The summed E-state index contributed by atoms with van der Waals surface area (Å²) in [7, 11) is 0. The molecule has 0 fully saturated rings. The molecule has 12 heteroatoms. The molecule has 0 aromatic heterocycles. The van der Waals surface area contributed by atoms with Crippen molar-refractivity contribution in [3.05, 3.63) is 0 Å². The van der Waals surface area contributed by atoms with Crippen LogP contribution in [0, 0.1) is 0 Å². The highest BCUT2D eigenvalue weighted by atomic mass is 16.6. The highest BCUT2D eigenvalue weighted by Gasteiger charge is 2.41. The van der Waals surface area contributed by atoms with Gasteiger partial charge in [0.15, 0.2) is 0 Å². The average molecular weight is 868 g/mol. The van der Waals surface area contributed by atoms with Gasteiger partial charge in [0.1, 0.15) is 23.3 Å². The molecular weight excluding hydrogens is 775 g/mol. The molecule has 0 aromatic carbocycles. The van der Waals surface area contributed by atoms with E-state index in [1.165, 1.54) is 109 Å². The maximum absolute atomic E-state index is 14.2. The summed E-state index contributed by atoms with van der Waals surface area (Å²) in [6.45, 7) is 15.2. The van der Waals surface area contributed by atoms with Crippen LogP contribution < -0.4 is 11.1 Å². The fourth-order valence-electron chi connectivity index (χ4n) is 7.01. The third-order valence-electron chi connectivity index (χ3n) is 10.5. The van der Waals surface area contributed by atoms with Gasteiger partial charge in [0, 0.05) is 6.42 Å². The molecule has 2 atom stereocenters. The van der Waals surface area contributed by atoms with Crippen LogP contribution in [0.15, 0.2) is 0 Å². The number of unbranched alkanes of at least 4 members (excludes halogenated alkanes) is 23. The van der Waals surface area contributed by atoms with Crippen molar-refractivity contribution < 1.29 is 42.9 Å². The van der Waals surface area contributed by atoms with E-state index in [0.717, 1.165) is 38.5 Å². The van der Waals surface area contributed by atoms with E-state index in [1.807, 2.05) is 0 Å². The Morgan fingerprint density at radius 3 is 1.26 bits per heavy atom. The van der Waals surface area contributed by atoms with E-state index in [-0.39, 0.29) is 25.9 Å². The van der Waals surface area contributed by atoms with Gasteiger partial charge in [-0.3, -0.25) is 9.59 Å². The van der Waals surface area contributed by atoms with Crippen molar-refractivity contribution in [2.24, 2.45) is 5.73 Å². The molecule has 3 amide bonds. The smallest absolute Gasteiger partial charge is 0.420 e. The lowest BCUT2D eigenvalue weighted by Gasteiger charge is -2.33. The van der Waals surface area contributed by atoms with Crippen molar-refractivity contribution in [3.8, 4) is 0 Å². The van der Waals surface area contributed by atoms with Crippen molar-refractivity contribution in [1.82, 2.24) is 10.2 Å². The van der Waals surface area contributed by atoms with Gasteiger partial charge in [0.25, 0.3) is 0 Å². The first-order valence-corrected chi connectivity index (χ1v) is 24.6. The Bertz CT molecular complexity index is 1120. The summed E-state index contributed by atoms with van der Waals surface area (Å²) in [5.41, 5.74) is 3.79. The van der Waals surface area contributed by atoms with Crippen LogP contribution in [0.1, 0.15) is 242 Å². The number of nitrogens with zero attached hydrogens (tertiary/aromatic N) is 1. The topological polar surface area (TPSA) is 164 Å². The van der Waals surface area contributed by atoms with E-state index in [2.05, 4.69) is 19.2 Å². The minimum Gasteiger partial charge on any atom is -0.466 e. The fraction of sp³-hybridized carbons (Fsp3) is 0.898. The number of amides is 3. The predicted octanol–water partition coefficient (Wildman–Crippen LogP) is 12.4. The average Bonchev–Trinajstić information content (AvgIpc) is 3.18. The number of nitrogens with two attached hydrogens (primary N) is 1. The van der Waals surface area contributed by atoms with Crippen LogP contribution in [0.5, 0.6) is 0 Å². The van der Waals surface area contributed by atoms with Crippen LogP contribution in [0.4, 0.5) is 9.59 Å². The van der Waals surface area contributed by atoms with E-state index in [1.54, 1.807) is 41.5 Å². The molecule has 0 saturated carbocycles. The SMILES string of the molecule is CCCCCCCCCCCCCCOC(=O)CC[C@H](NC(=O)[C@H](CCCCN)N(C(=O)OC(C)(C)C)C(=O)OC(C)(C)C)C(=O)OCCCCCCCCCCCCCC. The Morgan fingerprint density at radius 2 is 0.885 bits per heavy atom. The molecular formula is C49H93N3O9. The van der Waals surface area contributed by atoms with Crippen LogP contribution in [0.25, 0.3) is 0 Å². The maximum Gasteiger partial charge on any atom is 0.420 e. The normalized spacial score (nSPS) is 12.7. The van der Waals surface area contributed by atoms with Gasteiger partial charge in [-0.05, 0) is 86.6 Å². The Kier molecular flexibility index (Phi) is 34.8. The second kappa shape index (κ2) is 36.6. The van der Waals surface area contributed by atoms with Gasteiger partial charge in [-0.2, -0.15) is 4.90 Å². The predicted molar refractivity (Wildman–Crippen MR) is 246 cm³/mol. The van der Waals surface area contributed by atoms with Gasteiger partial charge in [-0.15, -0.1) is 0 Å². The van der Waals surface area contributed by atoms with Crippen LogP contribution in [0.3, 0.4) is 0 Å². The molecule has 0 unspecified atom stereocenters. The summed E-state index contributed by atoms with van der Waals surface area (Å²) in [4.78, 5) is 68.4. The first kappa shape index (κ1) is 58.1. The maximum atomic E-state index is 14.2. The molecule has 0 radical (unpaired) electrons. The standard InChI is InChI=1S/C49H93N3O9/c1-9-11-13-15-17-19-21-23-25-27-29-33-39-58-43(53)37-36-41(45(55)59-40-34-30-28-26-24-22-20-18-16-14-12-10-2)51-44(54)42(35-31-32-38-50)52(46(56)60-48(3,4)5)47(57)61-49(6,7)8/h41-42H,9-40,50H2,1-8H3,(H,51,54)/t41-,42-/m0/s1. The highest BCUT2D eigenvalue weighted by molar-refractivity contribution is 5.97. The number of hydrogen-bond donors (Lipinski definition) is 2. The summed E-state index contributed by atoms with van der Waals surface area (Å²) < 4.78 is 22.3. The molecule has 0 aliphatic carbocycles. The summed E-state index contributed by atoms with van der Waals surface area (Å²) in [5, 5.41) is 2.72. The van der Waals surface area contributed by atoms with Crippen molar-refractivity contribution in [2.45, 2.75) is 265 Å². The Labute approximate surface area is 372 Å². The van der Waals surface area contributed by atoms with E-state index in [4.69, 9.17) is 24.7 Å². The number of nitrogens with one attached hydrogen (secondary N) is 1. The van der Waals surface area contributed by atoms with Crippen LogP contribution in [-0.4, -0.2) is 78.0 Å². The zero-order chi connectivity index (χ0) is 45.8. The lowest BCUT2D eigenvalue weighted by Crippen LogP contribution is -2.57. The number of esters is 2. The summed E-state index contributed by atoms with van der Waals surface area (Å²) in [6, 6.07) is -2.61. The Morgan fingerprint density at radius 1 is 0.508 bits per heavy atom. The largest absolute Gasteiger partial charge is 0.466 e. The van der Waals surface area contributed by atoms with Gasteiger partial charge in [0.05, 0.1) is 13.2 Å². The van der Waals surface area contributed by atoms with Crippen molar-refractivity contribution in [2.75, 3.05) is 19.8 Å². The minimum atomic E-state index is -1.39. The van der Waals surface area contributed by atoms with E-state index >= 15 is 0 Å². The molecule has 0 bridgehead atoms. The lowest BCUT2D eigenvalue weighted by molar-refractivity contribution is -0.150. The molecule has 3 N–H and O–H groups in total. The number of hydrogen-bond acceptors (Lipinski definition) is 10. The first-order valence-electron chi connectivity index (χ1n) is 24.6. The highest BCUT2D eigenvalue weighted by Crippen LogP contribution is 2.21. The molecule has 0 aromatic rings. The molecule has 0 aliphatic heterocycles. The third-order valence-corrected chi connectivity index (χ3v) is 10.5. The van der Waals surface area contributed by atoms with Gasteiger partial charge in [0.2, 0.25) is 5.91 Å². The third kappa shape index (κ3) is 34.3. The molecule has 12 nitrogen and oxygen atoms in total. The van der Waals surface area contributed by atoms with Gasteiger partial charge >= 0.3 is 24.1 Å². The van der Waals surface area contributed by atoms with Crippen LogP contribution >= 0.6 is 0 Å². The van der Waals surface area contributed by atoms with Crippen LogP contribution in [-0.2, 0) is 33.3 Å². The number of ether oxygens (including phenoxy) is 4. The molecule has 0 aliphatic rings. The van der Waals surface area contributed by atoms with Crippen molar-refractivity contribution >= 4 is 30.0 Å². The lowest BCUT2D eigenvalue weighted by atomic mass is 10.1. The fourth-order valence-corrected chi connectivity index (χ4v) is 7.01.